The van der Waals surface area contributed by atoms with Crippen molar-refractivity contribution < 1.29 is 18.0 Å². The molecular formula is C19H21ClN4O4S2. The van der Waals surface area contributed by atoms with Gasteiger partial charge in [0.25, 0.3) is 5.91 Å². The van der Waals surface area contributed by atoms with Gasteiger partial charge in [-0.2, -0.15) is 5.10 Å². The van der Waals surface area contributed by atoms with Gasteiger partial charge >= 0.3 is 0 Å². The van der Waals surface area contributed by atoms with Gasteiger partial charge in [-0.3, -0.25) is 19.5 Å². The van der Waals surface area contributed by atoms with Crippen LogP contribution in [-0.4, -0.2) is 65.5 Å². The quantitative estimate of drug-likeness (QED) is 0.677. The summed E-state index contributed by atoms with van der Waals surface area (Å²) < 4.78 is 23.7. The summed E-state index contributed by atoms with van der Waals surface area (Å²) in [4.78, 5) is 32.0. The first-order valence-electron chi connectivity index (χ1n) is 9.64. The number of halogens is 1. The van der Waals surface area contributed by atoms with E-state index in [1.807, 2.05) is 6.92 Å². The molecular weight excluding hydrogens is 448 g/mol. The molecule has 2 atom stereocenters. The van der Waals surface area contributed by atoms with Gasteiger partial charge in [0.2, 0.25) is 5.91 Å². The van der Waals surface area contributed by atoms with Gasteiger partial charge in [-0.25, -0.2) is 13.4 Å². The van der Waals surface area contributed by atoms with Gasteiger partial charge in [0.1, 0.15) is 5.71 Å². The number of thioether (sulfide) groups is 1. The van der Waals surface area contributed by atoms with Crippen molar-refractivity contribution in [2.45, 2.75) is 38.3 Å². The number of hydrogen-bond acceptors (Lipinski definition) is 7. The van der Waals surface area contributed by atoms with Crippen molar-refractivity contribution in [2.24, 2.45) is 10.1 Å². The number of carbonyl (C=O) groups excluding carboxylic acids is 2. The Kier molecular flexibility index (Phi) is 5.91. The summed E-state index contributed by atoms with van der Waals surface area (Å²) >= 11 is 7.49. The summed E-state index contributed by atoms with van der Waals surface area (Å²) in [7, 11) is -3.18. The number of sulfone groups is 1. The van der Waals surface area contributed by atoms with E-state index < -0.39 is 15.9 Å². The molecule has 4 rings (SSSR count). The minimum absolute atomic E-state index is 0.0302. The number of aliphatic imine (C=N–C) groups is 1. The Hall–Kier alpha value is -1.91. The predicted octanol–water partition coefficient (Wildman–Crippen LogP) is 2.33. The Morgan fingerprint density at radius 2 is 2.00 bits per heavy atom. The summed E-state index contributed by atoms with van der Waals surface area (Å²) in [6.07, 6.45) is 0.650. The Balaban J connectivity index is 1.66. The Bertz CT molecular complexity index is 1040. The molecule has 0 bridgehead atoms. The van der Waals surface area contributed by atoms with E-state index in [4.69, 9.17) is 11.6 Å². The number of nitrogens with zero attached hydrogens (tertiary/aromatic N) is 4. The van der Waals surface area contributed by atoms with E-state index in [0.29, 0.717) is 22.3 Å². The van der Waals surface area contributed by atoms with Crippen LogP contribution < -0.4 is 4.90 Å². The average molecular weight is 469 g/mol. The highest BCUT2D eigenvalue weighted by molar-refractivity contribution is 8.14. The van der Waals surface area contributed by atoms with Crippen LogP contribution in [0.1, 0.15) is 26.2 Å². The second-order valence-corrected chi connectivity index (χ2v) is 11.2. The number of hydrazone groups is 1. The van der Waals surface area contributed by atoms with E-state index in [1.165, 1.54) is 21.7 Å². The van der Waals surface area contributed by atoms with Gasteiger partial charge in [0.15, 0.2) is 15.0 Å². The number of amides is 2. The highest BCUT2D eigenvalue weighted by Crippen LogP contribution is 2.29. The predicted molar refractivity (Wildman–Crippen MR) is 119 cm³/mol. The second kappa shape index (κ2) is 8.32. The normalized spacial score (nSPS) is 25.8. The van der Waals surface area contributed by atoms with Crippen LogP contribution in [-0.2, 0) is 19.4 Å². The molecule has 3 aliphatic heterocycles. The zero-order valence-corrected chi connectivity index (χ0v) is 18.7. The lowest BCUT2D eigenvalue weighted by Gasteiger charge is -2.29. The minimum Gasteiger partial charge on any atom is -0.273 e. The van der Waals surface area contributed by atoms with Gasteiger partial charge < -0.3 is 0 Å². The number of hydrogen-bond donors (Lipinski definition) is 0. The maximum absolute atomic E-state index is 13.5. The van der Waals surface area contributed by atoms with Crippen molar-refractivity contribution in [1.82, 2.24) is 5.01 Å². The lowest BCUT2D eigenvalue weighted by molar-refractivity contribution is -0.133. The molecule has 11 heteroatoms. The molecule has 2 unspecified atom stereocenters. The molecule has 0 saturated carbocycles. The van der Waals surface area contributed by atoms with Crippen molar-refractivity contribution in [3.05, 3.63) is 29.3 Å². The van der Waals surface area contributed by atoms with E-state index in [0.717, 1.165) is 5.75 Å². The van der Waals surface area contributed by atoms with E-state index in [2.05, 4.69) is 10.1 Å². The third-order valence-electron chi connectivity index (χ3n) is 5.12. The molecule has 0 aromatic heterocycles. The van der Waals surface area contributed by atoms with Gasteiger partial charge in [-0.1, -0.05) is 23.4 Å². The monoisotopic (exact) mass is 468 g/mol. The molecule has 1 saturated heterocycles. The van der Waals surface area contributed by atoms with Crippen LogP contribution in [0.15, 0.2) is 34.4 Å². The molecule has 0 radical (unpaired) electrons. The van der Waals surface area contributed by atoms with Gasteiger partial charge in [0, 0.05) is 23.6 Å². The van der Waals surface area contributed by atoms with Gasteiger partial charge in [0.05, 0.1) is 29.3 Å². The maximum Gasteiger partial charge on any atom is 0.280 e. The SMILES string of the molecule is CC1CSC(N(C(=O)C2=NN(C3CCS(=O)(=O)C3)C(=O)CC2)c2ccc(Cl)cc2)=N1. The molecule has 1 aromatic rings. The Morgan fingerprint density at radius 3 is 2.60 bits per heavy atom. The van der Waals surface area contributed by atoms with Crippen LogP contribution >= 0.6 is 23.4 Å². The fourth-order valence-electron chi connectivity index (χ4n) is 3.59. The fourth-order valence-corrected chi connectivity index (χ4v) is 6.45. The zero-order chi connectivity index (χ0) is 21.5. The molecule has 0 spiro atoms. The lowest BCUT2D eigenvalue weighted by Crippen LogP contribution is -2.46. The Morgan fingerprint density at radius 1 is 1.27 bits per heavy atom. The summed E-state index contributed by atoms with van der Waals surface area (Å²) in [5.41, 5.74) is 0.830. The lowest BCUT2D eigenvalue weighted by atomic mass is 10.1. The number of benzene rings is 1. The van der Waals surface area contributed by atoms with Crippen LogP contribution in [0.4, 0.5) is 5.69 Å². The first-order valence-corrected chi connectivity index (χ1v) is 12.8. The molecule has 3 heterocycles. The van der Waals surface area contributed by atoms with E-state index >= 15 is 0 Å². The molecule has 8 nitrogen and oxygen atoms in total. The average Bonchev–Trinajstić information content (AvgIpc) is 3.29. The summed E-state index contributed by atoms with van der Waals surface area (Å²) in [6.45, 7) is 1.98. The van der Waals surface area contributed by atoms with Crippen LogP contribution in [0.2, 0.25) is 5.02 Å². The molecule has 1 fully saturated rings. The minimum atomic E-state index is -3.18. The Labute approximate surface area is 184 Å². The number of anilines is 1. The smallest absolute Gasteiger partial charge is 0.273 e. The van der Waals surface area contributed by atoms with Crippen molar-refractivity contribution in [3.8, 4) is 0 Å². The van der Waals surface area contributed by atoms with E-state index in [9.17, 15) is 18.0 Å². The second-order valence-electron chi connectivity index (χ2n) is 7.53. The van der Waals surface area contributed by atoms with E-state index in [-0.39, 0.29) is 47.9 Å². The molecule has 2 amide bonds. The van der Waals surface area contributed by atoms with Crippen molar-refractivity contribution in [1.29, 1.82) is 0 Å². The molecule has 30 heavy (non-hydrogen) atoms. The zero-order valence-electron chi connectivity index (χ0n) is 16.3. The van der Waals surface area contributed by atoms with Crippen LogP contribution in [0.25, 0.3) is 0 Å². The summed E-state index contributed by atoms with van der Waals surface area (Å²) in [6, 6.07) is 6.44. The summed E-state index contributed by atoms with van der Waals surface area (Å²) in [5.74, 6) is 0.0561. The van der Waals surface area contributed by atoms with Crippen LogP contribution in [0, 0.1) is 0 Å². The molecule has 3 aliphatic rings. The number of carbonyl (C=O) groups is 2. The van der Waals surface area contributed by atoms with Crippen LogP contribution in [0.3, 0.4) is 0 Å². The first kappa shape index (κ1) is 21.3. The van der Waals surface area contributed by atoms with Crippen molar-refractivity contribution in [2.75, 3.05) is 22.2 Å². The molecule has 0 N–H and O–H groups in total. The highest BCUT2D eigenvalue weighted by atomic mass is 35.5. The molecule has 1 aromatic carbocycles. The molecule has 0 aliphatic carbocycles. The van der Waals surface area contributed by atoms with Crippen LogP contribution in [0.5, 0.6) is 0 Å². The standard InChI is InChI=1S/C19H21ClN4O4S2/c1-12-10-29-19(21-12)23(14-4-2-13(20)3-5-14)18(26)16-6-7-17(25)24(22-16)15-8-9-30(27,28)11-15/h2-5,12,15H,6-11H2,1H3. The topological polar surface area (TPSA) is 99.5 Å². The highest BCUT2D eigenvalue weighted by Gasteiger charge is 2.39. The fraction of sp³-hybridized carbons (Fsp3) is 0.474. The summed E-state index contributed by atoms with van der Waals surface area (Å²) in [5, 5.41) is 6.65. The maximum atomic E-state index is 13.5. The van der Waals surface area contributed by atoms with Crippen molar-refractivity contribution >= 4 is 61.6 Å². The number of rotatable bonds is 3. The molecule has 160 valence electrons. The third kappa shape index (κ3) is 4.40. The van der Waals surface area contributed by atoms with E-state index in [1.54, 1.807) is 24.3 Å². The third-order valence-corrected chi connectivity index (χ3v) is 8.32. The first-order chi connectivity index (χ1) is 14.2. The van der Waals surface area contributed by atoms with Gasteiger partial charge in [-0.05, 0) is 37.6 Å². The van der Waals surface area contributed by atoms with Gasteiger partial charge in [-0.15, -0.1) is 0 Å². The number of amidine groups is 1. The largest absolute Gasteiger partial charge is 0.280 e. The van der Waals surface area contributed by atoms with Crippen molar-refractivity contribution in [3.63, 3.8) is 0 Å².